The van der Waals surface area contributed by atoms with Crippen LogP contribution in [0.15, 0.2) is 59.1 Å². The molecule has 1 atom stereocenters. The molecule has 0 aliphatic carbocycles. The van der Waals surface area contributed by atoms with E-state index in [1.165, 1.54) is 0 Å². The molecular weight excluding hydrogens is 469 g/mol. The quantitative estimate of drug-likeness (QED) is 0.332. The molecule has 2 aromatic carbocycles. The summed E-state index contributed by atoms with van der Waals surface area (Å²) in [6.45, 7) is 0. The molecule has 0 fully saturated rings. The van der Waals surface area contributed by atoms with Crippen LogP contribution in [0.1, 0.15) is 10.4 Å². The fourth-order valence-corrected chi connectivity index (χ4v) is 2.79. The van der Waals surface area contributed by atoms with Gasteiger partial charge in [0.2, 0.25) is 3.79 Å². The molecule has 3 N–H and O–H groups in total. The number of anilines is 1. The van der Waals surface area contributed by atoms with Gasteiger partial charge in [-0.3, -0.25) is 4.79 Å². The first kappa shape index (κ1) is 20.3. The monoisotopic (exact) mass is 479 g/mol. The van der Waals surface area contributed by atoms with E-state index >= 15 is 0 Å². The molecule has 0 radical (unpaired) electrons. The number of halogens is 4. The van der Waals surface area contributed by atoms with Crippen LogP contribution in [0, 0.1) is 0 Å². The zero-order valence-corrected chi connectivity index (χ0v) is 17.3. The fourth-order valence-electron chi connectivity index (χ4n) is 1.86. The zero-order chi connectivity index (χ0) is 18.4. The van der Waals surface area contributed by atoms with E-state index in [1.807, 2.05) is 24.3 Å². The lowest BCUT2D eigenvalue weighted by Crippen LogP contribution is -2.56. The summed E-state index contributed by atoms with van der Waals surface area (Å²) in [6, 6.07) is 16.0. The van der Waals surface area contributed by atoms with E-state index in [1.54, 1.807) is 30.3 Å². The van der Waals surface area contributed by atoms with Gasteiger partial charge < -0.3 is 16.0 Å². The van der Waals surface area contributed by atoms with Crippen molar-refractivity contribution in [2.45, 2.75) is 9.96 Å². The SMILES string of the molecule is O=C(N[C@H](NC(=S)Nc1ccccc1Br)C(Cl)(Cl)Cl)c1ccccc1. The van der Waals surface area contributed by atoms with Gasteiger partial charge in [0.15, 0.2) is 5.11 Å². The average Bonchev–Trinajstić information content (AvgIpc) is 2.56. The Hall–Kier alpha value is -1.05. The third kappa shape index (κ3) is 6.31. The molecule has 0 saturated heterocycles. The molecular formula is C16H13BrCl3N3OS. The number of alkyl halides is 3. The number of nitrogens with one attached hydrogen (secondary N) is 3. The lowest BCUT2D eigenvalue weighted by Gasteiger charge is -2.28. The van der Waals surface area contributed by atoms with Gasteiger partial charge >= 0.3 is 0 Å². The number of amides is 1. The molecule has 4 nitrogen and oxygen atoms in total. The van der Waals surface area contributed by atoms with Crippen molar-refractivity contribution in [2.24, 2.45) is 0 Å². The summed E-state index contributed by atoms with van der Waals surface area (Å²) in [4.78, 5) is 12.3. The number of carbonyl (C=O) groups excluding carboxylic acids is 1. The highest BCUT2D eigenvalue weighted by Gasteiger charge is 2.34. The number of para-hydroxylation sites is 1. The smallest absolute Gasteiger partial charge is 0.252 e. The van der Waals surface area contributed by atoms with Crippen LogP contribution in [0.5, 0.6) is 0 Å². The summed E-state index contributed by atoms with van der Waals surface area (Å²) in [5, 5.41) is 8.59. The second-order valence-electron chi connectivity index (χ2n) is 4.89. The number of benzene rings is 2. The predicted octanol–water partition coefficient (Wildman–Crippen LogP) is 4.86. The first-order chi connectivity index (χ1) is 11.8. The number of carbonyl (C=O) groups is 1. The lowest BCUT2D eigenvalue weighted by molar-refractivity contribution is 0.0934. The van der Waals surface area contributed by atoms with Gasteiger partial charge in [0.25, 0.3) is 5.91 Å². The maximum Gasteiger partial charge on any atom is 0.252 e. The molecule has 2 aromatic rings. The van der Waals surface area contributed by atoms with Crippen molar-refractivity contribution < 1.29 is 4.79 Å². The Balaban J connectivity index is 2.06. The minimum Gasteiger partial charge on any atom is -0.339 e. The Bertz CT molecular complexity index is 756. The second kappa shape index (κ2) is 9.05. The average molecular weight is 482 g/mol. The van der Waals surface area contributed by atoms with Crippen molar-refractivity contribution in [3.8, 4) is 0 Å². The lowest BCUT2D eigenvalue weighted by atomic mass is 10.2. The third-order valence-corrected chi connectivity index (χ3v) is 4.60. The Labute approximate surface area is 174 Å². The highest BCUT2D eigenvalue weighted by Crippen LogP contribution is 2.29. The van der Waals surface area contributed by atoms with Crippen LogP contribution in [0.25, 0.3) is 0 Å². The van der Waals surface area contributed by atoms with Gasteiger partial charge in [-0.25, -0.2) is 0 Å². The maximum atomic E-state index is 12.3. The Morgan fingerprint density at radius 1 is 1.00 bits per heavy atom. The second-order valence-corrected chi connectivity index (χ2v) is 8.52. The van der Waals surface area contributed by atoms with Gasteiger partial charge in [-0.2, -0.15) is 0 Å². The van der Waals surface area contributed by atoms with Gasteiger partial charge in [0.05, 0.1) is 5.69 Å². The summed E-state index contributed by atoms with van der Waals surface area (Å²) >= 11 is 26.5. The molecule has 0 heterocycles. The van der Waals surface area contributed by atoms with Crippen molar-refractivity contribution in [2.75, 3.05) is 5.32 Å². The molecule has 0 unspecified atom stereocenters. The summed E-state index contributed by atoms with van der Waals surface area (Å²) < 4.78 is -0.998. The van der Waals surface area contributed by atoms with E-state index < -0.39 is 15.9 Å². The van der Waals surface area contributed by atoms with E-state index in [9.17, 15) is 4.79 Å². The number of thiocarbonyl (C=S) groups is 1. The van der Waals surface area contributed by atoms with Crippen LogP contribution in [0.3, 0.4) is 0 Å². The van der Waals surface area contributed by atoms with Crippen LogP contribution in [0.4, 0.5) is 5.69 Å². The molecule has 1 amide bonds. The van der Waals surface area contributed by atoms with Crippen LogP contribution in [-0.4, -0.2) is 21.0 Å². The van der Waals surface area contributed by atoms with Crippen molar-refractivity contribution >= 4 is 79.7 Å². The first-order valence-electron chi connectivity index (χ1n) is 7.02. The topological polar surface area (TPSA) is 53.2 Å². The Kier molecular flexibility index (Phi) is 7.34. The first-order valence-corrected chi connectivity index (χ1v) is 9.35. The van der Waals surface area contributed by atoms with Crippen molar-refractivity contribution in [1.82, 2.24) is 10.6 Å². The van der Waals surface area contributed by atoms with Gasteiger partial charge in [-0.05, 0) is 52.4 Å². The molecule has 0 aliphatic rings. The molecule has 2 rings (SSSR count). The summed E-state index contributed by atoms with van der Waals surface area (Å²) in [7, 11) is 0. The Morgan fingerprint density at radius 3 is 2.20 bits per heavy atom. The fraction of sp³-hybridized carbons (Fsp3) is 0.125. The van der Waals surface area contributed by atoms with Crippen LogP contribution in [-0.2, 0) is 0 Å². The summed E-state index contributed by atoms with van der Waals surface area (Å²) in [5.74, 6) is -0.395. The molecule has 0 aromatic heterocycles. The summed E-state index contributed by atoms with van der Waals surface area (Å²) in [5.41, 5.74) is 1.17. The number of hydrogen-bond acceptors (Lipinski definition) is 2. The molecule has 0 aliphatic heterocycles. The highest BCUT2D eigenvalue weighted by molar-refractivity contribution is 9.10. The van der Waals surface area contributed by atoms with Crippen LogP contribution in [0.2, 0.25) is 0 Å². The standard InChI is InChI=1S/C16H13BrCl3N3OS/c17-11-8-4-5-9-12(11)21-15(25)23-14(16(18,19)20)22-13(24)10-6-2-1-3-7-10/h1-9,14H,(H,22,24)(H2,21,23,25)/t14-/m1/s1. The van der Waals surface area contributed by atoms with E-state index in [0.29, 0.717) is 5.56 Å². The van der Waals surface area contributed by atoms with Gasteiger partial charge in [0.1, 0.15) is 6.17 Å². The molecule has 0 saturated carbocycles. The zero-order valence-electron chi connectivity index (χ0n) is 12.6. The highest BCUT2D eigenvalue weighted by atomic mass is 79.9. The van der Waals surface area contributed by atoms with Crippen molar-refractivity contribution in [3.05, 3.63) is 64.6 Å². The van der Waals surface area contributed by atoms with Crippen molar-refractivity contribution in [1.29, 1.82) is 0 Å². The normalized spacial score (nSPS) is 12.2. The van der Waals surface area contributed by atoms with Crippen LogP contribution < -0.4 is 16.0 Å². The molecule has 0 bridgehead atoms. The van der Waals surface area contributed by atoms with Gasteiger partial charge in [-0.15, -0.1) is 0 Å². The Morgan fingerprint density at radius 2 is 1.60 bits per heavy atom. The van der Waals surface area contributed by atoms with Gasteiger partial charge in [-0.1, -0.05) is 65.1 Å². The number of hydrogen-bond donors (Lipinski definition) is 3. The van der Waals surface area contributed by atoms with E-state index in [4.69, 9.17) is 47.0 Å². The molecule has 132 valence electrons. The summed E-state index contributed by atoms with van der Waals surface area (Å²) in [6.07, 6.45) is -1.03. The minimum atomic E-state index is -1.82. The molecule has 0 spiro atoms. The van der Waals surface area contributed by atoms with E-state index in [0.717, 1.165) is 10.2 Å². The van der Waals surface area contributed by atoms with Crippen molar-refractivity contribution in [3.63, 3.8) is 0 Å². The minimum absolute atomic E-state index is 0.191. The van der Waals surface area contributed by atoms with Crippen LogP contribution >= 0.6 is 63.0 Å². The predicted molar refractivity (Wildman–Crippen MR) is 111 cm³/mol. The van der Waals surface area contributed by atoms with E-state index in [2.05, 4.69) is 31.9 Å². The van der Waals surface area contributed by atoms with Gasteiger partial charge in [0, 0.05) is 10.0 Å². The molecule has 9 heteroatoms. The number of rotatable bonds is 4. The molecule has 25 heavy (non-hydrogen) atoms. The largest absolute Gasteiger partial charge is 0.339 e. The maximum absolute atomic E-state index is 12.3. The van der Waals surface area contributed by atoms with E-state index in [-0.39, 0.29) is 5.11 Å². The third-order valence-electron chi connectivity index (χ3n) is 3.04.